The van der Waals surface area contributed by atoms with Crippen molar-refractivity contribution in [1.82, 2.24) is 15.5 Å². The van der Waals surface area contributed by atoms with Crippen LogP contribution in [-0.2, 0) is 0 Å². The first kappa shape index (κ1) is 16.7. The third-order valence-corrected chi connectivity index (χ3v) is 3.88. The molecule has 1 atom stereocenters. The Morgan fingerprint density at radius 2 is 2.14 bits per heavy atom. The monoisotopic (exact) mass is 306 g/mol. The normalized spacial score (nSPS) is 16.7. The summed E-state index contributed by atoms with van der Waals surface area (Å²) in [5.74, 6) is 1.45. The van der Waals surface area contributed by atoms with E-state index in [0.717, 1.165) is 30.5 Å². The number of hydrogen-bond donors (Lipinski definition) is 2. The Labute approximate surface area is 132 Å². The van der Waals surface area contributed by atoms with Crippen LogP contribution in [0.4, 0.5) is 4.39 Å². The van der Waals surface area contributed by atoms with Gasteiger partial charge in [-0.25, -0.2) is 4.39 Å². The van der Waals surface area contributed by atoms with E-state index in [9.17, 15) is 4.39 Å². The number of nitrogens with zero attached hydrogens (tertiary/aromatic N) is 2. The number of hydrogen-bond acceptors (Lipinski definition) is 2. The summed E-state index contributed by atoms with van der Waals surface area (Å²) >= 11 is 0. The summed E-state index contributed by atoms with van der Waals surface area (Å²) in [6.45, 7) is 4.47. The Morgan fingerprint density at radius 3 is 2.73 bits per heavy atom. The van der Waals surface area contributed by atoms with Crippen LogP contribution in [0.15, 0.2) is 29.3 Å². The van der Waals surface area contributed by atoms with Gasteiger partial charge in [-0.1, -0.05) is 12.1 Å². The van der Waals surface area contributed by atoms with Gasteiger partial charge in [-0.15, -0.1) is 0 Å². The molecule has 0 saturated heterocycles. The van der Waals surface area contributed by atoms with Crippen LogP contribution < -0.4 is 10.6 Å². The van der Waals surface area contributed by atoms with E-state index in [-0.39, 0.29) is 11.9 Å². The number of rotatable bonds is 7. The molecular formula is C17H27FN4. The van der Waals surface area contributed by atoms with Gasteiger partial charge in [0.1, 0.15) is 5.82 Å². The lowest BCUT2D eigenvalue weighted by Crippen LogP contribution is -2.39. The summed E-state index contributed by atoms with van der Waals surface area (Å²) in [6, 6.07) is 6.83. The highest BCUT2D eigenvalue weighted by atomic mass is 19.1. The van der Waals surface area contributed by atoms with Gasteiger partial charge in [-0.05, 0) is 57.5 Å². The molecule has 4 nitrogen and oxygen atoms in total. The van der Waals surface area contributed by atoms with Gasteiger partial charge in [0.2, 0.25) is 0 Å². The van der Waals surface area contributed by atoms with Crippen molar-refractivity contribution in [1.29, 1.82) is 0 Å². The van der Waals surface area contributed by atoms with E-state index in [1.54, 1.807) is 12.1 Å². The maximum atomic E-state index is 13.4. The van der Waals surface area contributed by atoms with Crippen LogP contribution >= 0.6 is 0 Å². The molecular weight excluding hydrogens is 279 g/mol. The minimum atomic E-state index is -0.202. The molecule has 1 aliphatic carbocycles. The molecule has 1 saturated carbocycles. The van der Waals surface area contributed by atoms with E-state index in [1.807, 2.05) is 20.2 Å². The molecule has 1 aromatic rings. The lowest BCUT2D eigenvalue weighted by Gasteiger charge is -2.23. The summed E-state index contributed by atoms with van der Waals surface area (Å²) in [6.07, 6.45) is 2.63. The molecule has 5 heteroatoms. The van der Waals surface area contributed by atoms with Crippen molar-refractivity contribution in [3.05, 3.63) is 35.6 Å². The molecule has 0 radical (unpaired) electrons. The van der Waals surface area contributed by atoms with Crippen molar-refractivity contribution in [2.75, 3.05) is 33.7 Å². The maximum absolute atomic E-state index is 13.4. The van der Waals surface area contributed by atoms with Gasteiger partial charge < -0.3 is 15.5 Å². The molecule has 1 unspecified atom stereocenters. The average molecular weight is 306 g/mol. The average Bonchev–Trinajstić information content (AvgIpc) is 3.28. The van der Waals surface area contributed by atoms with Crippen LogP contribution in [-0.4, -0.2) is 44.6 Å². The first-order valence-electron chi connectivity index (χ1n) is 8.04. The third kappa shape index (κ3) is 5.30. The van der Waals surface area contributed by atoms with E-state index < -0.39 is 0 Å². The fourth-order valence-corrected chi connectivity index (χ4v) is 2.36. The lowest BCUT2D eigenvalue weighted by molar-refractivity contribution is 0.305. The molecule has 1 aliphatic rings. The van der Waals surface area contributed by atoms with Gasteiger partial charge in [0.15, 0.2) is 5.96 Å². The van der Waals surface area contributed by atoms with Crippen LogP contribution in [0.5, 0.6) is 0 Å². The Kier molecular flexibility index (Phi) is 6.19. The number of nitrogens with one attached hydrogen (secondary N) is 2. The number of benzene rings is 1. The zero-order chi connectivity index (χ0) is 15.9. The highest BCUT2D eigenvalue weighted by molar-refractivity contribution is 5.79. The molecule has 0 aromatic heterocycles. The second-order valence-corrected chi connectivity index (χ2v) is 6.08. The van der Waals surface area contributed by atoms with Gasteiger partial charge >= 0.3 is 0 Å². The second kappa shape index (κ2) is 8.13. The smallest absolute Gasteiger partial charge is 0.191 e. The van der Waals surface area contributed by atoms with Crippen molar-refractivity contribution >= 4 is 5.96 Å². The predicted molar refractivity (Wildman–Crippen MR) is 89.5 cm³/mol. The zero-order valence-corrected chi connectivity index (χ0v) is 13.8. The summed E-state index contributed by atoms with van der Waals surface area (Å²) in [4.78, 5) is 6.74. The Hall–Kier alpha value is -1.62. The molecule has 0 amide bonds. The molecule has 2 rings (SSSR count). The Balaban J connectivity index is 2.02. The topological polar surface area (TPSA) is 39.7 Å². The van der Waals surface area contributed by atoms with Gasteiger partial charge in [-0.2, -0.15) is 0 Å². The lowest BCUT2D eigenvalue weighted by atomic mass is 10.1. The minimum absolute atomic E-state index is 0.0621. The van der Waals surface area contributed by atoms with Crippen molar-refractivity contribution in [3.8, 4) is 0 Å². The Bertz CT molecular complexity index is 497. The van der Waals surface area contributed by atoms with Crippen molar-refractivity contribution in [2.24, 2.45) is 10.9 Å². The summed E-state index contributed by atoms with van der Waals surface area (Å²) < 4.78 is 13.4. The summed E-state index contributed by atoms with van der Waals surface area (Å²) in [7, 11) is 3.99. The van der Waals surface area contributed by atoms with Crippen LogP contribution in [0.3, 0.4) is 0 Å². The predicted octanol–water partition coefficient (Wildman–Crippen LogP) is 2.39. The minimum Gasteiger partial charge on any atom is -0.357 e. The van der Waals surface area contributed by atoms with Gasteiger partial charge in [0, 0.05) is 13.1 Å². The van der Waals surface area contributed by atoms with E-state index >= 15 is 0 Å². The maximum Gasteiger partial charge on any atom is 0.191 e. The number of likely N-dealkylation sites (N-methyl/N-ethyl adjacent to an activating group) is 1. The number of guanidine groups is 1. The van der Waals surface area contributed by atoms with E-state index in [2.05, 4.69) is 27.4 Å². The molecule has 1 fully saturated rings. The first-order valence-corrected chi connectivity index (χ1v) is 8.04. The van der Waals surface area contributed by atoms with Gasteiger partial charge in [0.05, 0.1) is 12.6 Å². The van der Waals surface area contributed by atoms with E-state index in [4.69, 9.17) is 0 Å². The Morgan fingerprint density at radius 1 is 1.36 bits per heavy atom. The molecule has 122 valence electrons. The van der Waals surface area contributed by atoms with Crippen LogP contribution in [0.25, 0.3) is 0 Å². The molecule has 0 heterocycles. The van der Waals surface area contributed by atoms with Crippen molar-refractivity contribution in [3.63, 3.8) is 0 Å². The molecule has 1 aromatic carbocycles. The standard InChI is InChI=1S/C17H27FN4/c1-4-19-17(20-11-13-8-9-13)21-12-16(22(2)3)14-6-5-7-15(18)10-14/h5-7,10,13,16H,4,8-9,11-12H2,1-3H3,(H2,19,20,21). The highest BCUT2D eigenvalue weighted by Crippen LogP contribution is 2.27. The largest absolute Gasteiger partial charge is 0.357 e. The molecule has 22 heavy (non-hydrogen) atoms. The van der Waals surface area contributed by atoms with E-state index in [0.29, 0.717) is 6.54 Å². The second-order valence-electron chi connectivity index (χ2n) is 6.08. The summed E-state index contributed by atoms with van der Waals surface area (Å²) in [5, 5.41) is 6.66. The fourth-order valence-electron chi connectivity index (χ4n) is 2.36. The highest BCUT2D eigenvalue weighted by Gasteiger charge is 2.21. The molecule has 2 N–H and O–H groups in total. The molecule has 0 bridgehead atoms. The van der Waals surface area contributed by atoms with Crippen LogP contribution in [0, 0.1) is 11.7 Å². The van der Waals surface area contributed by atoms with Crippen molar-refractivity contribution in [2.45, 2.75) is 25.8 Å². The number of halogens is 1. The van der Waals surface area contributed by atoms with E-state index in [1.165, 1.54) is 18.9 Å². The zero-order valence-electron chi connectivity index (χ0n) is 13.8. The van der Waals surface area contributed by atoms with Crippen molar-refractivity contribution < 1.29 is 4.39 Å². The summed E-state index contributed by atoms with van der Waals surface area (Å²) in [5.41, 5.74) is 0.951. The first-order chi connectivity index (χ1) is 10.6. The molecule has 0 aliphatic heterocycles. The van der Waals surface area contributed by atoms with Gasteiger partial charge in [-0.3, -0.25) is 4.99 Å². The molecule has 0 spiro atoms. The quantitative estimate of drug-likeness (QED) is 0.600. The van der Waals surface area contributed by atoms with Crippen LogP contribution in [0.1, 0.15) is 31.4 Å². The fraction of sp³-hybridized carbons (Fsp3) is 0.588. The van der Waals surface area contributed by atoms with Gasteiger partial charge in [0.25, 0.3) is 0 Å². The SMILES string of the molecule is CCNC(=NCC(c1cccc(F)c1)N(C)C)NCC1CC1. The number of aliphatic imine (C=N–C) groups is 1. The van der Waals surface area contributed by atoms with Crippen LogP contribution in [0.2, 0.25) is 0 Å². The third-order valence-electron chi connectivity index (χ3n) is 3.88.